The summed E-state index contributed by atoms with van der Waals surface area (Å²) in [5, 5.41) is 17.2. The molecule has 0 spiro atoms. The third kappa shape index (κ3) is 2.60. The molecule has 2 aromatic rings. The van der Waals surface area contributed by atoms with Gasteiger partial charge in [-0.05, 0) is 12.1 Å². The van der Waals surface area contributed by atoms with Crippen molar-refractivity contribution in [2.24, 2.45) is 0 Å². The molecule has 3 rings (SSSR count). The predicted octanol–water partition coefficient (Wildman–Crippen LogP) is 3.18. The largest absolute Gasteiger partial charge is 0.491 e. The summed E-state index contributed by atoms with van der Waals surface area (Å²) in [5.41, 5.74) is 2.50. The third-order valence-electron chi connectivity index (χ3n) is 3.46. The molecule has 1 unspecified atom stereocenters. The minimum atomic E-state index is -0.398. The van der Waals surface area contributed by atoms with E-state index in [9.17, 15) is 10.1 Å². The second-order valence-corrected chi connectivity index (χ2v) is 4.82. The molecule has 0 saturated heterocycles. The first kappa shape index (κ1) is 13.2. The first-order chi connectivity index (χ1) is 10.2. The standard InChI is InChI=1S/C15H15N3O3/c1-16-10-6-11(8-12(7-10)18(19)20)17-14-9-21-15-5-3-2-4-13(14)15/h2-8,14,16-17H,9H2,1H3. The average molecular weight is 285 g/mol. The normalized spacial score (nSPS) is 16.0. The summed E-state index contributed by atoms with van der Waals surface area (Å²) in [4.78, 5) is 10.6. The Balaban J connectivity index is 1.89. The van der Waals surface area contributed by atoms with Gasteiger partial charge in [0.1, 0.15) is 12.4 Å². The summed E-state index contributed by atoms with van der Waals surface area (Å²) in [6, 6.07) is 12.7. The maximum atomic E-state index is 11.0. The number of hydrogen-bond acceptors (Lipinski definition) is 5. The molecule has 1 atom stereocenters. The van der Waals surface area contributed by atoms with Gasteiger partial charge in [-0.1, -0.05) is 18.2 Å². The molecule has 6 heteroatoms. The number of ether oxygens (including phenoxy) is 1. The van der Waals surface area contributed by atoms with E-state index in [2.05, 4.69) is 10.6 Å². The summed E-state index contributed by atoms with van der Waals surface area (Å²) in [5.74, 6) is 0.856. The molecule has 0 saturated carbocycles. The Morgan fingerprint density at radius 3 is 2.76 bits per heavy atom. The van der Waals surface area contributed by atoms with Crippen molar-refractivity contribution < 1.29 is 9.66 Å². The van der Waals surface area contributed by atoms with Crippen LogP contribution >= 0.6 is 0 Å². The molecule has 1 heterocycles. The number of nitro benzene ring substituents is 1. The van der Waals surface area contributed by atoms with Crippen LogP contribution in [0.2, 0.25) is 0 Å². The fourth-order valence-electron chi connectivity index (χ4n) is 2.43. The number of hydrogen-bond donors (Lipinski definition) is 2. The van der Waals surface area contributed by atoms with E-state index in [1.165, 1.54) is 12.1 Å². The lowest BCUT2D eigenvalue weighted by molar-refractivity contribution is -0.384. The molecule has 0 bridgehead atoms. The first-order valence-electron chi connectivity index (χ1n) is 6.63. The van der Waals surface area contributed by atoms with Gasteiger partial charge in [-0.3, -0.25) is 10.1 Å². The Hall–Kier alpha value is -2.76. The highest BCUT2D eigenvalue weighted by molar-refractivity contribution is 5.64. The zero-order chi connectivity index (χ0) is 14.8. The fourth-order valence-corrected chi connectivity index (χ4v) is 2.43. The van der Waals surface area contributed by atoms with Gasteiger partial charge in [-0.2, -0.15) is 0 Å². The quantitative estimate of drug-likeness (QED) is 0.666. The van der Waals surface area contributed by atoms with E-state index in [0.717, 1.165) is 11.3 Å². The first-order valence-corrected chi connectivity index (χ1v) is 6.63. The fraction of sp³-hybridized carbons (Fsp3) is 0.200. The van der Waals surface area contributed by atoms with Crippen LogP contribution in [0.25, 0.3) is 0 Å². The topological polar surface area (TPSA) is 76.4 Å². The van der Waals surface area contributed by atoms with Crippen LogP contribution in [-0.2, 0) is 0 Å². The van der Waals surface area contributed by atoms with Crippen molar-refractivity contribution in [3.8, 4) is 5.75 Å². The van der Waals surface area contributed by atoms with Crippen LogP contribution in [0.3, 0.4) is 0 Å². The maximum Gasteiger partial charge on any atom is 0.273 e. The molecule has 1 aliphatic rings. The number of para-hydroxylation sites is 1. The highest BCUT2D eigenvalue weighted by atomic mass is 16.6. The number of anilines is 2. The summed E-state index contributed by atoms with van der Waals surface area (Å²) in [7, 11) is 1.73. The lowest BCUT2D eigenvalue weighted by Crippen LogP contribution is -2.12. The van der Waals surface area contributed by atoms with Crippen LogP contribution in [0, 0.1) is 10.1 Å². The van der Waals surface area contributed by atoms with E-state index in [0.29, 0.717) is 18.0 Å². The Bertz CT molecular complexity index is 688. The summed E-state index contributed by atoms with van der Waals surface area (Å²) < 4.78 is 5.61. The minimum Gasteiger partial charge on any atom is -0.491 e. The number of nitro groups is 1. The Morgan fingerprint density at radius 2 is 2.00 bits per heavy atom. The molecule has 0 amide bonds. The van der Waals surface area contributed by atoms with Gasteiger partial charge in [-0.25, -0.2) is 0 Å². The molecule has 2 N–H and O–H groups in total. The molecule has 21 heavy (non-hydrogen) atoms. The van der Waals surface area contributed by atoms with Crippen LogP contribution in [-0.4, -0.2) is 18.6 Å². The lowest BCUT2D eigenvalue weighted by atomic mass is 10.1. The van der Waals surface area contributed by atoms with Crippen molar-refractivity contribution in [2.45, 2.75) is 6.04 Å². The van der Waals surface area contributed by atoms with Crippen molar-refractivity contribution in [3.63, 3.8) is 0 Å². The Kier molecular flexibility index (Phi) is 3.35. The van der Waals surface area contributed by atoms with Crippen LogP contribution < -0.4 is 15.4 Å². The molecular weight excluding hydrogens is 270 g/mol. The van der Waals surface area contributed by atoms with E-state index in [4.69, 9.17) is 4.74 Å². The zero-order valence-corrected chi connectivity index (χ0v) is 11.5. The van der Waals surface area contributed by atoms with E-state index in [-0.39, 0.29) is 11.7 Å². The number of benzene rings is 2. The van der Waals surface area contributed by atoms with E-state index >= 15 is 0 Å². The van der Waals surface area contributed by atoms with Gasteiger partial charge in [0, 0.05) is 36.1 Å². The van der Waals surface area contributed by atoms with Gasteiger partial charge in [0.05, 0.1) is 11.0 Å². The highest BCUT2D eigenvalue weighted by Crippen LogP contribution is 2.35. The van der Waals surface area contributed by atoms with Gasteiger partial charge in [0.25, 0.3) is 5.69 Å². The highest BCUT2D eigenvalue weighted by Gasteiger charge is 2.24. The molecule has 6 nitrogen and oxygen atoms in total. The predicted molar refractivity (Wildman–Crippen MR) is 80.9 cm³/mol. The second kappa shape index (κ2) is 5.32. The Labute approximate surface area is 121 Å². The van der Waals surface area contributed by atoms with Gasteiger partial charge >= 0.3 is 0 Å². The van der Waals surface area contributed by atoms with Gasteiger partial charge in [0.2, 0.25) is 0 Å². The van der Waals surface area contributed by atoms with Gasteiger partial charge < -0.3 is 15.4 Å². The number of nitrogens with zero attached hydrogens (tertiary/aromatic N) is 1. The minimum absolute atomic E-state index is 0.00656. The summed E-state index contributed by atoms with van der Waals surface area (Å²) >= 11 is 0. The van der Waals surface area contributed by atoms with Crippen molar-refractivity contribution in [2.75, 3.05) is 24.3 Å². The lowest BCUT2D eigenvalue weighted by Gasteiger charge is -2.14. The van der Waals surface area contributed by atoms with E-state index in [1.54, 1.807) is 7.05 Å². The van der Waals surface area contributed by atoms with Gasteiger partial charge in [0.15, 0.2) is 0 Å². The van der Waals surface area contributed by atoms with Crippen molar-refractivity contribution in [3.05, 3.63) is 58.1 Å². The van der Waals surface area contributed by atoms with Crippen molar-refractivity contribution in [1.29, 1.82) is 0 Å². The Morgan fingerprint density at radius 1 is 1.24 bits per heavy atom. The van der Waals surface area contributed by atoms with Gasteiger partial charge in [-0.15, -0.1) is 0 Å². The van der Waals surface area contributed by atoms with Crippen LogP contribution in [0.5, 0.6) is 5.75 Å². The summed E-state index contributed by atoms with van der Waals surface area (Å²) in [6.07, 6.45) is 0. The smallest absolute Gasteiger partial charge is 0.273 e. The maximum absolute atomic E-state index is 11.0. The molecule has 108 valence electrons. The van der Waals surface area contributed by atoms with Crippen LogP contribution in [0.15, 0.2) is 42.5 Å². The molecular formula is C15H15N3O3. The number of rotatable bonds is 4. The zero-order valence-electron chi connectivity index (χ0n) is 11.5. The molecule has 0 fully saturated rings. The molecule has 0 aliphatic carbocycles. The number of non-ortho nitro benzene ring substituents is 1. The molecule has 1 aliphatic heterocycles. The van der Waals surface area contributed by atoms with Crippen LogP contribution in [0.1, 0.15) is 11.6 Å². The monoisotopic (exact) mass is 285 g/mol. The van der Waals surface area contributed by atoms with Crippen LogP contribution in [0.4, 0.5) is 17.1 Å². The summed E-state index contributed by atoms with van der Waals surface area (Å²) in [6.45, 7) is 0.511. The SMILES string of the molecule is CNc1cc(NC2COc3ccccc32)cc([N+](=O)[O-])c1. The van der Waals surface area contributed by atoms with Crippen molar-refractivity contribution in [1.82, 2.24) is 0 Å². The average Bonchev–Trinajstić information content (AvgIpc) is 2.90. The second-order valence-electron chi connectivity index (χ2n) is 4.82. The van der Waals surface area contributed by atoms with E-state index in [1.807, 2.05) is 30.3 Å². The number of nitrogens with one attached hydrogen (secondary N) is 2. The molecule has 0 aromatic heterocycles. The number of fused-ring (bicyclic) bond motifs is 1. The molecule has 0 radical (unpaired) electrons. The van der Waals surface area contributed by atoms with E-state index < -0.39 is 4.92 Å². The molecule has 2 aromatic carbocycles. The van der Waals surface area contributed by atoms with Crippen molar-refractivity contribution >= 4 is 17.1 Å². The third-order valence-corrected chi connectivity index (χ3v) is 3.46.